The zero-order valence-electron chi connectivity index (χ0n) is 12.0. The lowest BCUT2D eigenvalue weighted by molar-refractivity contribution is 0.594. The Balaban J connectivity index is 2.40. The highest BCUT2D eigenvalue weighted by Gasteiger charge is 2.15. The highest BCUT2D eigenvalue weighted by Crippen LogP contribution is 2.25. The molecule has 0 radical (unpaired) electrons. The van der Waals surface area contributed by atoms with Crippen molar-refractivity contribution in [1.82, 2.24) is 10.3 Å². The molecule has 0 saturated heterocycles. The number of aromatic nitrogens is 1. The first-order valence-electron chi connectivity index (χ1n) is 6.93. The standard InChI is InChI=1S/C17H22N2/c1-4-9-19-17(15-6-5-10-18-12-15)16-11-13(2)7-8-14(16)3/h5-8,10-12,17,19H,4,9H2,1-3H3. The number of hydrogen-bond acceptors (Lipinski definition) is 2. The van der Waals surface area contributed by atoms with E-state index >= 15 is 0 Å². The second kappa shape index (κ2) is 6.48. The van der Waals surface area contributed by atoms with Gasteiger partial charge in [0, 0.05) is 12.4 Å². The molecule has 0 saturated carbocycles. The molecule has 1 unspecified atom stereocenters. The van der Waals surface area contributed by atoms with Crippen molar-refractivity contribution < 1.29 is 0 Å². The van der Waals surface area contributed by atoms with Crippen molar-refractivity contribution in [1.29, 1.82) is 0 Å². The molecule has 1 heterocycles. The quantitative estimate of drug-likeness (QED) is 0.878. The van der Waals surface area contributed by atoms with Crippen LogP contribution in [-0.4, -0.2) is 11.5 Å². The van der Waals surface area contributed by atoms with Crippen molar-refractivity contribution in [2.45, 2.75) is 33.2 Å². The van der Waals surface area contributed by atoms with E-state index in [2.05, 4.69) is 55.3 Å². The minimum absolute atomic E-state index is 0.230. The number of nitrogens with zero attached hydrogens (tertiary/aromatic N) is 1. The smallest absolute Gasteiger partial charge is 0.0594 e. The number of hydrogen-bond donors (Lipinski definition) is 1. The molecule has 100 valence electrons. The first-order chi connectivity index (χ1) is 9.22. The van der Waals surface area contributed by atoms with Gasteiger partial charge in [-0.3, -0.25) is 4.98 Å². The second-order valence-corrected chi connectivity index (χ2v) is 5.03. The van der Waals surface area contributed by atoms with E-state index in [-0.39, 0.29) is 6.04 Å². The summed E-state index contributed by atoms with van der Waals surface area (Å²) in [5.74, 6) is 0. The average molecular weight is 254 g/mol. The summed E-state index contributed by atoms with van der Waals surface area (Å²) < 4.78 is 0. The summed E-state index contributed by atoms with van der Waals surface area (Å²) in [4.78, 5) is 4.25. The van der Waals surface area contributed by atoms with E-state index in [1.165, 1.54) is 22.3 Å². The molecule has 0 fully saturated rings. The van der Waals surface area contributed by atoms with Gasteiger partial charge in [-0.25, -0.2) is 0 Å². The molecule has 2 nitrogen and oxygen atoms in total. The van der Waals surface area contributed by atoms with Gasteiger partial charge in [-0.1, -0.05) is 36.8 Å². The van der Waals surface area contributed by atoms with E-state index in [9.17, 15) is 0 Å². The van der Waals surface area contributed by atoms with Gasteiger partial charge >= 0.3 is 0 Å². The topological polar surface area (TPSA) is 24.9 Å². The molecule has 2 rings (SSSR count). The minimum Gasteiger partial charge on any atom is -0.306 e. The summed E-state index contributed by atoms with van der Waals surface area (Å²) in [6, 6.07) is 11.0. The maximum atomic E-state index is 4.25. The van der Waals surface area contributed by atoms with Crippen molar-refractivity contribution in [3.8, 4) is 0 Å². The van der Waals surface area contributed by atoms with Crippen LogP contribution in [-0.2, 0) is 0 Å². The van der Waals surface area contributed by atoms with E-state index in [1.54, 1.807) is 0 Å². The average Bonchev–Trinajstić information content (AvgIpc) is 2.44. The van der Waals surface area contributed by atoms with Crippen LogP contribution < -0.4 is 5.32 Å². The van der Waals surface area contributed by atoms with Crippen molar-refractivity contribution in [2.75, 3.05) is 6.54 Å². The fourth-order valence-corrected chi connectivity index (χ4v) is 2.31. The van der Waals surface area contributed by atoms with Crippen molar-refractivity contribution in [3.05, 3.63) is 65.0 Å². The predicted octanol–water partition coefficient (Wildman–Crippen LogP) is 3.79. The summed E-state index contributed by atoms with van der Waals surface area (Å²) in [6.45, 7) is 7.51. The molecule has 0 bridgehead atoms. The molecule has 0 amide bonds. The van der Waals surface area contributed by atoms with E-state index in [1.807, 2.05) is 18.5 Å². The fraction of sp³-hybridized carbons (Fsp3) is 0.353. The molecular formula is C17H22N2. The Labute approximate surface area is 115 Å². The SMILES string of the molecule is CCCNC(c1cccnc1)c1cc(C)ccc1C. The Hall–Kier alpha value is -1.67. The Morgan fingerprint density at radius 2 is 2.05 bits per heavy atom. The normalized spacial score (nSPS) is 12.4. The van der Waals surface area contributed by atoms with Gasteiger partial charge in [-0.15, -0.1) is 0 Å². The van der Waals surface area contributed by atoms with Gasteiger partial charge in [0.2, 0.25) is 0 Å². The van der Waals surface area contributed by atoms with Gasteiger partial charge in [0.15, 0.2) is 0 Å². The predicted molar refractivity (Wildman–Crippen MR) is 80.3 cm³/mol. The van der Waals surface area contributed by atoms with Crippen molar-refractivity contribution in [2.24, 2.45) is 0 Å². The van der Waals surface area contributed by atoms with Crippen molar-refractivity contribution in [3.63, 3.8) is 0 Å². The molecule has 1 atom stereocenters. The third-order valence-electron chi connectivity index (χ3n) is 3.36. The minimum atomic E-state index is 0.230. The van der Waals surface area contributed by atoms with E-state index < -0.39 is 0 Å². The largest absolute Gasteiger partial charge is 0.306 e. The number of benzene rings is 1. The summed E-state index contributed by atoms with van der Waals surface area (Å²) in [5, 5.41) is 3.63. The molecule has 0 aliphatic heterocycles. The number of nitrogens with one attached hydrogen (secondary N) is 1. The van der Waals surface area contributed by atoms with Crippen LogP contribution in [0.3, 0.4) is 0 Å². The third-order valence-corrected chi connectivity index (χ3v) is 3.36. The summed E-state index contributed by atoms with van der Waals surface area (Å²) in [7, 11) is 0. The van der Waals surface area contributed by atoms with Crippen LogP contribution in [0.15, 0.2) is 42.7 Å². The molecule has 0 spiro atoms. The second-order valence-electron chi connectivity index (χ2n) is 5.03. The Morgan fingerprint density at radius 3 is 2.74 bits per heavy atom. The molecule has 1 N–H and O–H groups in total. The van der Waals surface area contributed by atoms with Crippen LogP contribution in [0, 0.1) is 13.8 Å². The Morgan fingerprint density at radius 1 is 1.21 bits per heavy atom. The number of rotatable bonds is 5. The van der Waals surface area contributed by atoms with Gasteiger partial charge < -0.3 is 5.32 Å². The van der Waals surface area contributed by atoms with Crippen LogP contribution in [0.1, 0.15) is 41.6 Å². The highest BCUT2D eigenvalue weighted by molar-refractivity contribution is 5.38. The van der Waals surface area contributed by atoms with Gasteiger partial charge in [-0.05, 0) is 49.6 Å². The Bertz CT molecular complexity index is 520. The van der Waals surface area contributed by atoms with Crippen LogP contribution in [0.25, 0.3) is 0 Å². The molecule has 2 aromatic rings. The lowest BCUT2D eigenvalue weighted by Gasteiger charge is -2.21. The fourth-order valence-electron chi connectivity index (χ4n) is 2.31. The lowest BCUT2D eigenvalue weighted by atomic mass is 9.94. The van der Waals surface area contributed by atoms with Gasteiger partial charge in [-0.2, -0.15) is 0 Å². The molecule has 1 aromatic carbocycles. The lowest BCUT2D eigenvalue weighted by Crippen LogP contribution is -2.24. The van der Waals surface area contributed by atoms with Crippen molar-refractivity contribution >= 4 is 0 Å². The van der Waals surface area contributed by atoms with E-state index in [4.69, 9.17) is 0 Å². The zero-order chi connectivity index (χ0) is 13.7. The summed E-state index contributed by atoms with van der Waals surface area (Å²) in [6.07, 6.45) is 4.90. The molecule has 1 aromatic heterocycles. The number of aryl methyl sites for hydroxylation is 2. The van der Waals surface area contributed by atoms with E-state index in [0.29, 0.717) is 0 Å². The third kappa shape index (κ3) is 3.42. The molecule has 0 aliphatic carbocycles. The van der Waals surface area contributed by atoms with E-state index in [0.717, 1.165) is 13.0 Å². The number of pyridine rings is 1. The molecular weight excluding hydrogens is 232 g/mol. The van der Waals surface area contributed by atoms with Crippen LogP contribution in [0.2, 0.25) is 0 Å². The van der Waals surface area contributed by atoms with Gasteiger partial charge in [0.25, 0.3) is 0 Å². The molecule has 19 heavy (non-hydrogen) atoms. The van der Waals surface area contributed by atoms with Gasteiger partial charge in [0.1, 0.15) is 0 Å². The first-order valence-corrected chi connectivity index (χ1v) is 6.93. The van der Waals surface area contributed by atoms with Gasteiger partial charge in [0.05, 0.1) is 6.04 Å². The highest BCUT2D eigenvalue weighted by atomic mass is 14.9. The Kier molecular flexibility index (Phi) is 4.69. The first kappa shape index (κ1) is 13.8. The summed E-state index contributed by atoms with van der Waals surface area (Å²) >= 11 is 0. The maximum Gasteiger partial charge on any atom is 0.0594 e. The molecule has 2 heteroatoms. The zero-order valence-corrected chi connectivity index (χ0v) is 12.0. The maximum absolute atomic E-state index is 4.25. The summed E-state index contributed by atoms with van der Waals surface area (Å²) in [5.41, 5.74) is 5.20. The van der Waals surface area contributed by atoms with Crippen LogP contribution in [0.5, 0.6) is 0 Å². The van der Waals surface area contributed by atoms with Crippen LogP contribution in [0.4, 0.5) is 0 Å². The molecule has 0 aliphatic rings. The monoisotopic (exact) mass is 254 g/mol. The van der Waals surface area contributed by atoms with Crippen LogP contribution >= 0.6 is 0 Å².